The maximum atomic E-state index is 9.78. The minimum absolute atomic E-state index is 0. The average Bonchev–Trinajstić information content (AvgIpc) is 2.42. The molecule has 0 aliphatic rings. The number of carboxylic acid groups (broad SMARTS) is 6. The number of hydrogen-bond donors (Lipinski definition) is 0. The Morgan fingerprint density at radius 1 is 0.312 bits per heavy atom. The van der Waals surface area contributed by atoms with E-state index in [2.05, 4.69) is 28.4 Å². The SMILES string of the molecule is O=C([O-])OC(=O)OC(=O)[O-].O=C([O-])OC(=O)OC(=O)[O-].O=C([O-])OC(=O)OC(=O)[O-].[Ce+3].[Ce+3]. The van der Waals surface area contributed by atoms with Crippen molar-refractivity contribution in [2.45, 2.75) is 0 Å². The molecule has 2 radical (unpaired) electrons. The molecular formula is C9Ce2O21. The van der Waals surface area contributed by atoms with Crippen LogP contribution in [0.5, 0.6) is 0 Å². The van der Waals surface area contributed by atoms with E-state index >= 15 is 0 Å². The summed E-state index contributed by atoms with van der Waals surface area (Å²) in [6, 6.07) is 0. The Kier molecular flexibility index (Phi) is 28.7. The van der Waals surface area contributed by atoms with Gasteiger partial charge in [-0.25, -0.2) is 14.4 Å². The second-order valence-corrected chi connectivity index (χ2v) is 2.86. The van der Waals surface area contributed by atoms with Gasteiger partial charge in [-0.15, -0.1) is 0 Å². The van der Waals surface area contributed by atoms with Gasteiger partial charge in [0.25, 0.3) is 36.9 Å². The summed E-state index contributed by atoms with van der Waals surface area (Å²) in [7, 11) is 0. The summed E-state index contributed by atoms with van der Waals surface area (Å²) in [6.45, 7) is 0. The molecule has 0 atom stereocenters. The molecule has 0 aromatic heterocycles. The van der Waals surface area contributed by atoms with E-state index in [9.17, 15) is 73.8 Å². The molecule has 0 N–H and O–H groups in total. The molecule has 170 valence electrons. The second kappa shape index (κ2) is 23.1. The normalized spacial score (nSPS) is 7.50. The monoisotopic (exact) mass is 724 g/mol. The standard InChI is InChI=1S/3C3H2O7.2Ce/c3*4-1(5)9-3(8)10-2(6)7;;/h3*(H,4,5)(H,6,7);;/q;;;2*+3/p-6. The van der Waals surface area contributed by atoms with Crippen LogP contribution in [0.25, 0.3) is 0 Å². The van der Waals surface area contributed by atoms with Crippen molar-refractivity contribution in [3.63, 3.8) is 0 Å². The maximum absolute atomic E-state index is 9.78. The van der Waals surface area contributed by atoms with Gasteiger partial charge in [0.15, 0.2) is 0 Å². The summed E-state index contributed by atoms with van der Waals surface area (Å²) in [4.78, 5) is 85.4. The molecule has 0 spiro atoms. The van der Waals surface area contributed by atoms with Gasteiger partial charge in [0, 0.05) is 0 Å². The number of ether oxygens (including phenoxy) is 6. The van der Waals surface area contributed by atoms with Crippen LogP contribution in [-0.2, 0) is 28.4 Å². The van der Waals surface area contributed by atoms with Crippen molar-refractivity contribution in [3.05, 3.63) is 0 Å². The third kappa shape index (κ3) is 41.7. The smallest absolute Gasteiger partial charge is 0.467 e. The third-order valence-electron chi connectivity index (χ3n) is 1.000. The van der Waals surface area contributed by atoms with Crippen molar-refractivity contribution in [1.29, 1.82) is 0 Å². The minimum atomic E-state index is -2.20. The Bertz CT molecular complexity index is 561. The fourth-order valence-electron chi connectivity index (χ4n) is 0.471. The van der Waals surface area contributed by atoms with Crippen LogP contribution in [0.2, 0.25) is 0 Å². The molecule has 0 bridgehead atoms. The minimum Gasteiger partial charge on any atom is -0.467 e. The first-order chi connectivity index (χ1) is 13.6. The van der Waals surface area contributed by atoms with Crippen LogP contribution >= 0.6 is 0 Å². The summed E-state index contributed by atoms with van der Waals surface area (Å²) >= 11 is 0. The van der Waals surface area contributed by atoms with E-state index in [1.165, 1.54) is 0 Å². The van der Waals surface area contributed by atoms with E-state index in [4.69, 9.17) is 0 Å². The summed E-state index contributed by atoms with van der Waals surface area (Å²) in [5.41, 5.74) is 0. The van der Waals surface area contributed by atoms with E-state index in [1.54, 1.807) is 0 Å². The van der Waals surface area contributed by atoms with Crippen molar-refractivity contribution in [1.82, 2.24) is 0 Å². The first kappa shape index (κ1) is 39.8. The van der Waals surface area contributed by atoms with Crippen molar-refractivity contribution in [2.75, 3.05) is 0 Å². The van der Waals surface area contributed by atoms with Crippen LogP contribution in [0.3, 0.4) is 0 Å². The summed E-state index contributed by atoms with van der Waals surface area (Å²) in [5.74, 6) is 0. The van der Waals surface area contributed by atoms with Gasteiger partial charge in [0.1, 0.15) is 0 Å². The molecular weight excluding hydrogens is 724 g/mol. The Morgan fingerprint density at radius 3 is 0.469 bits per heavy atom. The fourth-order valence-corrected chi connectivity index (χ4v) is 0.471. The third-order valence-corrected chi connectivity index (χ3v) is 1.000. The Hall–Kier alpha value is -2.62. The molecule has 0 amide bonds. The van der Waals surface area contributed by atoms with Gasteiger partial charge in [0.2, 0.25) is 0 Å². The maximum Gasteiger partial charge on any atom is 3.00 e. The average molecular weight is 724 g/mol. The van der Waals surface area contributed by atoms with Crippen LogP contribution in [0, 0.1) is 83.5 Å². The van der Waals surface area contributed by atoms with Gasteiger partial charge in [-0.3, -0.25) is 0 Å². The Labute approximate surface area is 238 Å². The van der Waals surface area contributed by atoms with Gasteiger partial charge in [-0.1, -0.05) is 0 Å². The molecule has 0 saturated heterocycles. The predicted molar refractivity (Wildman–Crippen MR) is 55.1 cm³/mol. The van der Waals surface area contributed by atoms with Gasteiger partial charge < -0.3 is 87.8 Å². The second-order valence-electron chi connectivity index (χ2n) is 2.86. The molecule has 23 heteroatoms. The van der Waals surface area contributed by atoms with E-state index in [0.29, 0.717) is 0 Å². The molecule has 0 rings (SSSR count). The molecule has 0 saturated carbocycles. The largest absolute Gasteiger partial charge is 3.00 e. The Morgan fingerprint density at radius 2 is 0.406 bits per heavy atom. The van der Waals surface area contributed by atoms with Gasteiger partial charge in [0.05, 0.1) is 0 Å². The number of carbonyl (C=O) groups is 9. The topological polar surface area (TPSA) is 347 Å². The zero-order valence-corrected chi connectivity index (χ0v) is 20.4. The molecule has 0 aromatic carbocycles. The van der Waals surface area contributed by atoms with Crippen molar-refractivity contribution in [2.24, 2.45) is 0 Å². The van der Waals surface area contributed by atoms with Crippen LogP contribution in [0.4, 0.5) is 43.2 Å². The molecule has 0 aromatic rings. The van der Waals surface area contributed by atoms with Gasteiger partial charge in [-0.05, 0) is 0 Å². The van der Waals surface area contributed by atoms with Crippen LogP contribution in [-0.4, -0.2) is 55.4 Å². The van der Waals surface area contributed by atoms with Crippen LogP contribution < -0.4 is 30.6 Å². The first-order valence-corrected chi connectivity index (χ1v) is 5.51. The van der Waals surface area contributed by atoms with E-state index in [1.807, 2.05) is 0 Å². The van der Waals surface area contributed by atoms with Crippen molar-refractivity contribution < 1.29 is 186 Å². The van der Waals surface area contributed by atoms with E-state index in [0.717, 1.165) is 0 Å². The summed E-state index contributed by atoms with van der Waals surface area (Å²) in [5, 5.41) is 56.1. The van der Waals surface area contributed by atoms with E-state index < -0.39 is 55.4 Å². The number of rotatable bonds is 0. The zero-order valence-electron chi connectivity index (χ0n) is 14.1. The van der Waals surface area contributed by atoms with Crippen LogP contribution in [0.15, 0.2) is 0 Å². The fraction of sp³-hybridized carbons (Fsp3) is 0. The molecule has 21 nitrogen and oxygen atoms in total. The van der Waals surface area contributed by atoms with Crippen LogP contribution in [0.1, 0.15) is 0 Å². The number of carbonyl (C=O) groups excluding carboxylic acids is 9. The molecule has 0 fully saturated rings. The zero-order chi connectivity index (χ0) is 24.4. The quantitative estimate of drug-likeness (QED) is 0.127. The molecule has 0 aliphatic carbocycles. The molecule has 0 aliphatic heterocycles. The van der Waals surface area contributed by atoms with Gasteiger partial charge >= 0.3 is 102 Å². The summed E-state index contributed by atoms with van der Waals surface area (Å²) < 4.78 is 18.5. The van der Waals surface area contributed by atoms with Crippen molar-refractivity contribution >= 4 is 55.4 Å². The Balaban J connectivity index is -0.000000110. The summed E-state index contributed by atoms with van der Waals surface area (Å²) in [6.07, 6.45) is -19.0. The molecule has 0 heterocycles. The number of hydrogen-bond acceptors (Lipinski definition) is 21. The predicted octanol–water partition coefficient (Wildman–Crippen LogP) is -6.52. The molecule has 0 unspecified atom stereocenters. The first-order valence-electron chi connectivity index (χ1n) is 5.51. The van der Waals surface area contributed by atoms with E-state index in [-0.39, 0.29) is 83.5 Å². The molecule has 32 heavy (non-hydrogen) atoms. The van der Waals surface area contributed by atoms with Crippen molar-refractivity contribution in [3.8, 4) is 0 Å². The van der Waals surface area contributed by atoms with Gasteiger partial charge in [-0.2, -0.15) is 0 Å².